The van der Waals surface area contributed by atoms with Crippen LogP contribution in [0, 0.1) is 5.92 Å². The first-order valence-corrected chi connectivity index (χ1v) is 16.4. The van der Waals surface area contributed by atoms with E-state index < -0.39 is 96.8 Å². The lowest BCUT2D eigenvalue weighted by Gasteiger charge is -2.34. The summed E-state index contributed by atoms with van der Waals surface area (Å²) in [6.45, 7) is 4.91. The molecule has 52 heavy (non-hydrogen) atoms. The number of ether oxygens (including phenoxy) is 1. The normalized spacial score (nSPS) is 17.3. The van der Waals surface area contributed by atoms with Crippen molar-refractivity contribution in [2.45, 2.75) is 96.1 Å². The number of rotatable bonds is 20. The molecule has 0 aliphatic carbocycles. The highest BCUT2D eigenvalue weighted by molar-refractivity contribution is 6.02. The van der Waals surface area contributed by atoms with Gasteiger partial charge in [0.25, 0.3) is 11.8 Å². The number of primary amides is 1. The summed E-state index contributed by atoms with van der Waals surface area (Å²) in [5, 5.41) is 33.1. The minimum atomic E-state index is -1.75. The number of amides is 6. The molecule has 0 bridgehead atoms. The zero-order valence-corrected chi connectivity index (χ0v) is 29.7. The van der Waals surface area contributed by atoms with E-state index in [1.807, 2.05) is 5.32 Å². The Bertz CT molecular complexity index is 1400. The van der Waals surface area contributed by atoms with Crippen LogP contribution >= 0.6 is 0 Å². The Morgan fingerprint density at radius 1 is 1.02 bits per heavy atom. The van der Waals surface area contributed by atoms with E-state index in [1.54, 1.807) is 13.8 Å². The number of hydrazone groups is 1. The first kappa shape index (κ1) is 44.7. The van der Waals surface area contributed by atoms with Gasteiger partial charge < -0.3 is 64.9 Å². The van der Waals surface area contributed by atoms with Crippen molar-refractivity contribution in [2.24, 2.45) is 44.7 Å². The topological polar surface area (TPSA) is 375 Å². The van der Waals surface area contributed by atoms with Gasteiger partial charge in [-0.2, -0.15) is 5.10 Å². The van der Waals surface area contributed by atoms with Crippen molar-refractivity contribution >= 4 is 53.8 Å². The van der Waals surface area contributed by atoms with Gasteiger partial charge in [-0.15, -0.1) is 0 Å². The molecule has 0 saturated carbocycles. The van der Waals surface area contributed by atoms with Crippen LogP contribution in [-0.2, 0) is 33.5 Å². The van der Waals surface area contributed by atoms with Crippen LogP contribution < -0.4 is 49.9 Å². The highest BCUT2D eigenvalue weighted by Crippen LogP contribution is 2.17. The highest BCUT2D eigenvalue weighted by atomic mass is 16.5. The molecule has 6 amide bonds. The number of nitrogens with one attached hydrogen (secondary N) is 4. The predicted octanol–water partition coefficient (Wildman–Crippen LogP) is -4.25. The van der Waals surface area contributed by atoms with Crippen LogP contribution in [0.15, 0.2) is 21.4 Å². The number of aliphatic carboxylic acids is 1. The summed E-state index contributed by atoms with van der Waals surface area (Å²) in [5.74, 6) is -6.16. The largest absolute Gasteiger partial charge is 0.480 e. The van der Waals surface area contributed by atoms with Crippen LogP contribution in [0.25, 0.3) is 0 Å². The summed E-state index contributed by atoms with van der Waals surface area (Å²) in [5.41, 5.74) is 27.1. The molecule has 6 atom stereocenters. The van der Waals surface area contributed by atoms with Crippen LogP contribution in [0.2, 0.25) is 0 Å². The molecule has 1 aliphatic heterocycles. The van der Waals surface area contributed by atoms with E-state index in [0.29, 0.717) is 0 Å². The molecule has 1 heterocycles. The monoisotopic (exact) mass is 740 g/mol. The van der Waals surface area contributed by atoms with E-state index >= 15 is 0 Å². The van der Waals surface area contributed by atoms with E-state index in [2.05, 4.69) is 26.0 Å². The summed E-state index contributed by atoms with van der Waals surface area (Å²) < 4.78 is 4.71. The molecule has 22 nitrogen and oxygen atoms in total. The fourth-order valence-corrected chi connectivity index (χ4v) is 4.73. The number of aliphatic hydroxyl groups is 1. The number of nitrogens with zero attached hydrogens (tertiary/aromatic N) is 3. The van der Waals surface area contributed by atoms with Crippen molar-refractivity contribution in [1.82, 2.24) is 26.3 Å². The second kappa shape index (κ2) is 21.8. The summed E-state index contributed by atoms with van der Waals surface area (Å²) in [6.07, 6.45) is 0.700. The molecule has 0 saturated heterocycles. The van der Waals surface area contributed by atoms with Crippen LogP contribution in [0.1, 0.15) is 59.8 Å². The number of guanidine groups is 1. The van der Waals surface area contributed by atoms with E-state index in [-0.39, 0.29) is 56.1 Å². The zero-order chi connectivity index (χ0) is 39.7. The van der Waals surface area contributed by atoms with Crippen LogP contribution in [0.5, 0.6) is 0 Å². The number of hydrogen-bond donors (Lipinski definition) is 11. The second-order valence-electron chi connectivity index (χ2n) is 12.5. The lowest BCUT2D eigenvalue weighted by atomic mass is 10.0. The van der Waals surface area contributed by atoms with Gasteiger partial charge in [-0.1, -0.05) is 13.8 Å². The first-order valence-electron chi connectivity index (χ1n) is 16.4. The SMILES string of the molecule is C/C(COC(N)=O)=C(/NC(=O)[C@H](CC(C)C)NC(=O)[C@@H]1CCC=NN1C(=O)[C@@H](NC(=O)C[C@H](N)CCN=C(N)N)[C@H](C)N)C(=O)N[C@@H](CO)C(=O)O. The van der Waals surface area contributed by atoms with Gasteiger partial charge in [0.15, 0.2) is 12.0 Å². The fourth-order valence-electron chi connectivity index (χ4n) is 4.73. The molecule has 0 aromatic rings. The first-order chi connectivity index (χ1) is 24.3. The lowest BCUT2D eigenvalue weighted by molar-refractivity contribution is -0.145. The number of carboxylic acids is 1. The quantitative estimate of drug-likeness (QED) is 0.0320. The van der Waals surface area contributed by atoms with Crippen LogP contribution in [-0.4, -0.2) is 125 Å². The molecule has 292 valence electrons. The Hall–Kier alpha value is -5.35. The molecule has 0 radical (unpaired) electrons. The average molecular weight is 741 g/mol. The third-order valence-electron chi connectivity index (χ3n) is 7.41. The third-order valence-corrected chi connectivity index (χ3v) is 7.41. The van der Waals surface area contributed by atoms with Gasteiger partial charge in [0.2, 0.25) is 17.7 Å². The number of nitrogens with two attached hydrogens (primary N) is 5. The van der Waals surface area contributed by atoms with Crippen molar-refractivity contribution in [2.75, 3.05) is 19.8 Å². The minimum absolute atomic E-state index is 0.0313. The molecular weight excluding hydrogens is 688 g/mol. The molecule has 0 unspecified atom stereocenters. The Morgan fingerprint density at radius 3 is 2.21 bits per heavy atom. The summed E-state index contributed by atoms with van der Waals surface area (Å²) in [4.78, 5) is 93.3. The number of hydrogen-bond acceptors (Lipinski definition) is 13. The van der Waals surface area contributed by atoms with Crippen LogP contribution in [0.3, 0.4) is 0 Å². The second-order valence-corrected chi connectivity index (χ2v) is 12.5. The van der Waals surface area contributed by atoms with Gasteiger partial charge >= 0.3 is 12.1 Å². The third kappa shape index (κ3) is 15.3. The van der Waals surface area contributed by atoms with Gasteiger partial charge in [0, 0.05) is 31.3 Å². The fraction of sp³-hybridized carbons (Fsp3) is 0.633. The van der Waals surface area contributed by atoms with E-state index in [4.69, 9.17) is 33.4 Å². The van der Waals surface area contributed by atoms with E-state index in [0.717, 1.165) is 5.01 Å². The van der Waals surface area contributed by atoms with Crippen molar-refractivity contribution in [1.29, 1.82) is 0 Å². The van der Waals surface area contributed by atoms with Gasteiger partial charge in [-0.25, -0.2) is 14.6 Å². The maximum absolute atomic E-state index is 13.7. The molecule has 1 rings (SSSR count). The highest BCUT2D eigenvalue weighted by Gasteiger charge is 2.39. The molecule has 22 heteroatoms. The van der Waals surface area contributed by atoms with Crippen molar-refractivity contribution in [3.8, 4) is 0 Å². The van der Waals surface area contributed by atoms with E-state index in [9.17, 15) is 43.8 Å². The summed E-state index contributed by atoms with van der Waals surface area (Å²) in [6, 6.07) is -7.20. The maximum Gasteiger partial charge on any atom is 0.404 e. The Morgan fingerprint density at radius 2 is 1.67 bits per heavy atom. The summed E-state index contributed by atoms with van der Waals surface area (Å²) >= 11 is 0. The number of carbonyl (C=O) groups excluding carboxylic acids is 6. The Balaban J connectivity index is 3.27. The standard InChI is InChI=1S/C30H52N12O10/c1-14(2)10-18(24(45)41-22(15(3)13-52-30(35)51)26(47)39-19(12-43)28(49)50)38-25(46)20-6-5-8-37-42(20)27(48)23(16(4)31)40-21(44)11-17(32)7-9-36-29(33)34/h8,14,16-20,23,43H,5-7,9-13,31-32H2,1-4H3,(H2,35,51)(H,38,46)(H,39,47)(H,40,44)(H,41,45)(H,49,50)(H4,33,34,36)/b22-15-/t16-,17+,18-,19-,20-,23-/m0/s1. The zero-order valence-electron chi connectivity index (χ0n) is 29.7. The minimum Gasteiger partial charge on any atom is -0.480 e. The molecule has 0 spiro atoms. The van der Waals surface area contributed by atoms with Crippen LogP contribution in [0.4, 0.5) is 4.79 Å². The maximum atomic E-state index is 13.7. The molecule has 0 fully saturated rings. The van der Waals surface area contributed by atoms with Gasteiger partial charge in [-0.3, -0.25) is 29.0 Å². The number of aliphatic imine (C=N–C) groups is 1. The smallest absolute Gasteiger partial charge is 0.404 e. The number of carbonyl (C=O) groups is 7. The number of aliphatic hydroxyl groups excluding tert-OH is 1. The molecule has 0 aromatic heterocycles. The lowest BCUT2D eigenvalue weighted by Crippen LogP contribution is -2.61. The number of carboxylic acid groups (broad SMARTS) is 1. The molecular formula is C30H52N12O10. The molecule has 1 aliphatic rings. The van der Waals surface area contributed by atoms with Crippen molar-refractivity contribution in [3.63, 3.8) is 0 Å². The molecule has 0 aromatic carbocycles. The van der Waals surface area contributed by atoms with Gasteiger partial charge in [-0.05, 0) is 51.0 Å². The molecule has 16 N–H and O–H groups in total. The summed E-state index contributed by atoms with van der Waals surface area (Å²) in [7, 11) is 0. The van der Waals surface area contributed by atoms with E-state index in [1.165, 1.54) is 20.1 Å². The average Bonchev–Trinajstić information content (AvgIpc) is 3.05. The van der Waals surface area contributed by atoms with Crippen molar-refractivity contribution in [3.05, 3.63) is 11.3 Å². The van der Waals surface area contributed by atoms with Gasteiger partial charge in [0.1, 0.15) is 30.4 Å². The van der Waals surface area contributed by atoms with Crippen molar-refractivity contribution < 1.29 is 48.5 Å². The Labute approximate surface area is 300 Å². The van der Waals surface area contributed by atoms with Gasteiger partial charge in [0.05, 0.1) is 6.61 Å². The predicted molar refractivity (Wildman–Crippen MR) is 186 cm³/mol. The Kier molecular flexibility index (Phi) is 18.7.